The lowest BCUT2D eigenvalue weighted by molar-refractivity contribution is -0.138. The molecule has 0 aromatic heterocycles. The molecule has 4 atom stereocenters. The maximum Gasteiger partial charge on any atom is 0.254 e. The maximum atomic E-state index is 14.3. The second-order valence-corrected chi connectivity index (χ2v) is 13.3. The molecule has 4 unspecified atom stereocenters. The van der Waals surface area contributed by atoms with Crippen LogP contribution in [0.2, 0.25) is 10.0 Å². The van der Waals surface area contributed by atoms with Crippen LogP contribution in [0.15, 0.2) is 60.7 Å². The summed E-state index contributed by atoms with van der Waals surface area (Å²) in [6, 6.07) is 19.4. The molecule has 3 aromatic rings. The van der Waals surface area contributed by atoms with Crippen LogP contribution < -0.4 is 14.2 Å². The number of hydrogen-bond acceptors (Lipinski definition) is 6. The minimum atomic E-state index is -0.776. The van der Waals surface area contributed by atoms with Gasteiger partial charge in [0, 0.05) is 51.3 Å². The predicted molar refractivity (Wildman–Crippen MR) is 182 cm³/mol. The van der Waals surface area contributed by atoms with Crippen LogP contribution in [0.25, 0.3) is 0 Å². The number of nitrogens with zero attached hydrogens (tertiary/aromatic N) is 3. The van der Waals surface area contributed by atoms with Crippen LogP contribution >= 0.6 is 23.2 Å². The van der Waals surface area contributed by atoms with Gasteiger partial charge in [0.05, 0.1) is 36.8 Å². The number of halogens is 2. The van der Waals surface area contributed by atoms with E-state index < -0.39 is 5.41 Å². The Bertz CT molecular complexity index is 1540. The first-order valence-corrected chi connectivity index (χ1v) is 16.4. The summed E-state index contributed by atoms with van der Waals surface area (Å²) in [6.07, 6.45) is 1.52. The van der Waals surface area contributed by atoms with Gasteiger partial charge in [-0.1, -0.05) is 59.6 Å². The molecular formula is C36H43Cl2N3O5. The van der Waals surface area contributed by atoms with Gasteiger partial charge < -0.3 is 24.0 Å². The Morgan fingerprint density at radius 1 is 0.891 bits per heavy atom. The van der Waals surface area contributed by atoms with Crippen LogP contribution in [-0.4, -0.2) is 94.2 Å². The zero-order chi connectivity index (χ0) is 33.2. The number of carbonyl (C=O) groups is 2. The predicted octanol–water partition coefficient (Wildman–Crippen LogP) is 6.39. The van der Waals surface area contributed by atoms with Crippen molar-refractivity contribution < 1.29 is 23.8 Å². The summed E-state index contributed by atoms with van der Waals surface area (Å²) in [5.74, 6) is 1.44. The van der Waals surface area contributed by atoms with Crippen molar-refractivity contribution in [2.45, 2.75) is 37.1 Å². The summed E-state index contributed by atoms with van der Waals surface area (Å²) >= 11 is 12.9. The fourth-order valence-corrected chi connectivity index (χ4v) is 7.68. The van der Waals surface area contributed by atoms with Gasteiger partial charge in [-0.15, -0.1) is 0 Å². The summed E-state index contributed by atoms with van der Waals surface area (Å²) in [5, 5.41) is 0.957. The van der Waals surface area contributed by atoms with Crippen LogP contribution in [0.4, 0.5) is 0 Å². The largest absolute Gasteiger partial charge is 0.493 e. The van der Waals surface area contributed by atoms with E-state index >= 15 is 0 Å². The number of rotatable bonds is 9. The molecule has 46 heavy (non-hydrogen) atoms. The Hall–Kier alpha value is -3.46. The van der Waals surface area contributed by atoms with E-state index in [1.54, 1.807) is 38.4 Å². The lowest BCUT2D eigenvalue weighted by atomic mass is 9.62. The topological polar surface area (TPSA) is 71.6 Å². The third kappa shape index (κ3) is 6.27. The van der Waals surface area contributed by atoms with Gasteiger partial charge in [-0.25, -0.2) is 0 Å². The van der Waals surface area contributed by atoms with Crippen molar-refractivity contribution in [2.24, 2.45) is 5.92 Å². The number of ether oxygens (including phenoxy) is 3. The van der Waals surface area contributed by atoms with E-state index in [1.807, 2.05) is 55.4 Å². The van der Waals surface area contributed by atoms with Crippen molar-refractivity contribution in [3.8, 4) is 17.2 Å². The third-order valence-corrected chi connectivity index (χ3v) is 10.6. The second kappa shape index (κ2) is 14.1. The number of piperidine rings is 1. The van der Waals surface area contributed by atoms with Crippen LogP contribution in [0.5, 0.6) is 17.2 Å². The molecule has 2 fully saturated rings. The van der Waals surface area contributed by atoms with Crippen LogP contribution in [0.1, 0.15) is 47.2 Å². The van der Waals surface area contributed by atoms with Crippen LogP contribution in [-0.2, 0) is 10.2 Å². The Labute approximate surface area is 282 Å². The Balaban J connectivity index is 1.42. The summed E-state index contributed by atoms with van der Waals surface area (Å²) in [6.45, 7) is 4.93. The van der Waals surface area contributed by atoms with E-state index in [4.69, 9.17) is 37.4 Å². The van der Waals surface area contributed by atoms with Crippen molar-refractivity contribution in [2.75, 3.05) is 61.6 Å². The van der Waals surface area contributed by atoms with Crippen LogP contribution in [0, 0.1) is 5.92 Å². The molecule has 3 aromatic carbocycles. The number of likely N-dealkylation sites (N-methyl/N-ethyl adjacent to an activating group) is 1. The molecule has 5 rings (SSSR count). The van der Waals surface area contributed by atoms with E-state index in [0.717, 1.165) is 24.1 Å². The minimum Gasteiger partial charge on any atom is -0.493 e. The zero-order valence-electron chi connectivity index (χ0n) is 27.4. The van der Waals surface area contributed by atoms with Gasteiger partial charge in [-0.2, -0.15) is 0 Å². The van der Waals surface area contributed by atoms with E-state index in [0.29, 0.717) is 58.9 Å². The lowest BCUT2D eigenvalue weighted by Crippen LogP contribution is -2.58. The molecular weight excluding hydrogens is 625 g/mol. The third-order valence-electron chi connectivity index (χ3n) is 9.91. The Morgan fingerprint density at radius 2 is 1.57 bits per heavy atom. The summed E-state index contributed by atoms with van der Waals surface area (Å²) in [7, 11) is 8.28. The minimum absolute atomic E-state index is 0.0686. The van der Waals surface area contributed by atoms with E-state index in [1.165, 1.54) is 0 Å². The highest BCUT2D eigenvalue weighted by molar-refractivity contribution is 6.42. The average Bonchev–Trinajstić information content (AvgIpc) is 3.58. The molecule has 0 bridgehead atoms. The zero-order valence-corrected chi connectivity index (χ0v) is 28.9. The first-order chi connectivity index (χ1) is 22.0. The number of benzene rings is 3. The smallest absolute Gasteiger partial charge is 0.254 e. The van der Waals surface area contributed by atoms with Gasteiger partial charge >= 0.3 is 0 Å². The molecule has 2 aliphatic rings. The molecule has 0 radical (unpaired) electrons. The summed E-state index contributed by atoms with van der Waals surface area (Å²) < 4.78 is 16.4. The SMILES string of the molecule is COc1cc(C(=O)N2CCC(C(C)N3CCC(C(=O)N(C)C)(c4ccccc4)C(c4ccc(Cl)c(Cl)c4)C3)C2)cc(OC)c1OC. The lowest BCUT2D eigenvalue weighted by Gasteiger charge is -2.50. The highest BCUT2D eigenvalue weighted by Crippen LogP contribution is 2.48. The summed E-state index contributed by atoms with van der Waals surface area (Å²) in [5.41, 5.74) is 1.70. The van der Waals surface area contributed by atoms with Gasteiger partial charge in [0.2, 0.25) is 11.7 Å². The van der Waals surface area contributed by atoms with Gasteiger partial charge in [-0.05, 0) is 67.6 Å². The molecule has 0 aliphatic carbocycles. The highest BCUT2D eigenvalue weighted by Gasteiger charge is 2.52. The van der Waals surface area contributed by atoms with Crippen molar-refractivity contribution in [1.82, 2.24) is 14.7 Å². The highest BCUT2D eigenvalue weighted by atomic mass is 35.5. The molecule has 246 valence electrons. The van der Waals surface area contributed by atoms with E-state index in [9.17, 15) is 9.59 Å². The quantitative estimate of drug-likeness (QED) is 0.264. The molecule has 2 heterocycles. The molecule has 8 nitrogen and oxygen atoms in total. The Morgan fingerprint density at radius 3 is 2.15 bits per heavy atom. The monoisotopic (exact) mass is 667 g/mol. The van der Waals surface area contributed by atoms with Gasteiger partial charge in [0.25, 0.3) is 5.91 Å². The molecule has 2 amide bonds. The molecule has 2 saturated heterocycles. The maximum absolute atomic E-state index is 14.3. The average molecular weight is 669 g/mol. The van der Waals surface area contributed by atoms with Gasteiger partial charge in [0.1, 0.15) is 0 Å². The number of carbonyl (C=O) groups excluding carboxylic acids is 2. The first kappa shape index (κ1) is 33.9. The number of methoxy groups -OCH3 is 3. The molecule has 10 heteroatoms. The fourth-order valence-electron chi connectivity index (χ4n) is 7.38. The van der Waals surface area contributed by atoms with Crippen molar-refractivity contribution >= 4 is 35.0 Å². The second-order valence-electron chi connectivity index (χ2n) is 12.5. The fraction of sp³-hybridized carbons (Fsp3) is 0.444. The summed E-state index contributed by atoms with van der Waals surface area (Å²) in [4.78, 5) is 34.1. The van der Waals surface area contributed by atoms with E-state index in [-0.39, 0.29) is 29.7 Å². The molecule has 0 saturated carbocycles. The Kier molecular flexibility index (Phi) is 10.4. The van der Waals surface area contributed by atoms with Crippen molar-refractivity contribution in [3.05, 3.63) is 87.4 Å². The number of hydrogen-bond donors (Lipinski definition) is 0. The number of amides is 2. The molecule has 0 spiro atoms. The van der Waals surface area contributed by atoms with E-state index in [2.05, 4.69) is 24.0 Å². The normalized spacial score (nSPS) is 22.3. The molecule has 2 aliphatic heterocycles. The first-order valence-electron chi connectivity index (χ1n) is 15.6. The standard InChI is InChI=1S/C36H43Cl2N3O5/c1-23(25-14-16-41(21-25)34(42)26-19-31(44-4)33(46-6)32(20-26)45-5)40-17-15-36(35(43)39(2)3,27-10-8-7-9-11-27)28(22-40)24-12-13-29(37)30(38)18-24/h7-13,18-20,23,25,28H,14-17,21-22H2,1-6H3. The van der Waals surface area contributed by atoms with Gasteiger partial charge in [0.15, 0.2) is 11.5 Å². The number of likely N-dealkylation sites (tertiary alicyclic amines) is 2. The van der Waals surface area contributed by atoms with Gasteiger partial charge in [-0.3, -0.25) is 14.5 Å². The van der Waals surface area contributed by atoms with Crippen molar-refractivity contribution in [3.63, 3.8) is 0 Å². The van der Waals surface area contributed by atoms with Crippen molar-refractivity contribution in [1.29, 1.82) is 0 Å². The van der Waals surface area contributed by atoms with Crippen LogP contribution in [0.3, 0.4) is 0 Å². The molecule has 0 N–H and O–H groups in total.